The number of hydrogen-bond acceptors (Lipinski definition) is 6. The average molecular weight is 439 g/mol. The van der Waals surface area contributed by atoms with Gasteiger partial charge in [0.2, 0.25) is 15.9 Å². The molecule has 1 heterocycles. The molecule has 0 atom stereocenters. The number of benzene rings is 2. The maximum absolute atomic E-state index is 12.6. The van der Waals surface area contributed by atoms with E-state index in [9.17, 15) is 23.3 Å². The van der Waals surface area contributed by atoms with E-state index in [1.54, 1.807) is 41.3 Å². The van der Waals surface area contributed by atoms with Gasteiger partial charge in [-0.25, -0.2) is 8.42 Å². The Bertz CT molecular complexity index is 1010. The molecule has 11 heteroatoms. The molecule has 0 aromatic heterocycles. The van der Waals surface area contributed by atoms with Crippen molar-refractivity contribution in [2.24, 2.45) is 0 Å². The summed E-state index contributed by atoms with van der Waals surface area (Å²) in [5.41, 5.74) is 0.156. The van der Waals surface area contributed by atoms with Gasteiger partial charge in [0.05, 0.1) is 16.4 Å². The Kier molecular flexibility index (Phi) is 6.36. The summed E-state index contributed by atoms with van der Waals surface area (Å²) in [6, 6.07) is 12.4. The monoisotopic (exact) mass is 438 g/mol. The number of piperazine rings is 1. The van der Waals surface area contributed by atoms with Crippen LogP contribution < -0.4 is 5.32 Å². The lowest BCUT2D eigenvalue weighted by molar-refractivity contribution is -0.384. The van der Waals surface area contributed by atoms with E-state index in [-0.39, 0.29) is 54.2 Å². The summed E-state index contributed by atoms with van der Waals surface area (Å²) >= 11 is 5.77. The molecular weight excluding hydrogens is 420 g/mol. The number of halogens is 1. The highest BCUT2D eigenvalue weighted by Crippen LogP contribution is 2.27. The van der Waals surface area contributed by atoms with E-state index in [1.807, 2.05) is 0 Å². The lowest BCUT2D eigenvalue weighted by Gasteiger charge is -2.34. The Morgan fingerprint density at radius 2 is 1.76 bits per heavy atom. The second-order valence-electron chi connectivity index (χ2n) is 6.37. The molecule has 0 aliphatic carbocycles. The minimum atomic E-state index is -3.58. The average Bonchev–Trinajstić information content (AvgIpc) is 2.73. The zero-order chi connectivity index (χ0) is 21.0. The van der Waals surface area contributed by atoms with Crippen LogP contribution in [-0.2, 0) is 14.8 Å². The Morgan fingerprint density at radius 1 is 1.10 bits per heavy atom. The molecule has 1 fully saturated rings. The van der Waals surface area contributed by atoms with Crippen LogP contribution in [0.15, 0.2) is 53.4 Å². The number of nitro groups is 1. The van der Waals surface area contributed by atoms with Crippen molar-refractivity contribution in [1.29, 1.82) is 0 Å². The van der Waals surface area contributed by atoms with Gasteiger partial charge in [0, 0.05) is 37.9 Å². The first-order chi connectivity index (χ1) is 13.8. The summed E-state index contributed by atoms with van der Waals surface area (Å²) < 4.78 is 26.6. The van der Waals surface area contributed by atoms with Crippen molar-refractivity contribution in [3.63, 3.8) is 0 Å². The zero-order valence-corrected chi connectivity index (χ0v) is 16.9. The Labute approximate surface area is 173 Å². The lowest BCUT2D eigenvalue weighted by Crippen LogP contribution is -2.51. The van der Waals surface area contributed by atoms with Crippen LogP contribution >= 0.6 is 11.6 Å². The summed E-state index contributed by atoms with van der Waals surface area (Å²) in [6.45, 7) is 0.885. The Hall–Kier alpha value is -2.69. The van der Waals surface area contributed by atoms with E-state index in [2.05, 4.69) is 5.32 Å². The van der Waals surface area contributed by atoms with Crippen LogP contribution in [0.25, 0.3) is 0 Å². The molecule has 1 amide bonds. The van der Waals surface area contributed by atoms with Gasteiger partial charge < -0.3 is 10.2 Å². The number of amides is 1. The quantitative estimate of drug-likeness (QED) is 0.546. The molecule has 1 N–H and O–H groups in total. The van der Waals surface area contributed by atoms with Gasteiger partial charge >= 0.3 is 0 Å². The van der Waals surface area contributed by atoms with Crippen molar-refractivity contribution in [2.45, 2.75) is 4.90 Å². The standard InChI is InChI=1S/C18H19ClN4O5S/c19-16-7-6-14(12-17(16)23(25)26)20-13-18(24)21-8-10-22(11-9-21)29(27,28)15-4-2-1-3-5-15/h1-7,12,20H,8-11,13H2. The van der Waals surface area contributed by atoms with Gasteiger partial charge in [0.25, 0.3) is 5.69 Å². The second kappa shape index (κ2) is 8.76. The van der Waals surface area contributed by atoms with Crippen molar-refractivity contribution < 1.29 is 18.1 Å². The van der Waals surface area contributed by atoms with Gasteiger partial charge in [0.1, 0.15) is 5.02 Å². The van der Waals surface area contributed by atoms with Gasteiger partial charge in [-0.2, -0.15) is 4.31 Å². The number of rotatable bonds is 6. The number of hydrogen-bond donors (Lipinski definition) is 1. The van der Waals surface area contributed by atoms with Gasteiger partial charge in [-0.15, -0.1) is 0 Å². The van der Waals surface area contributed by atoms with Crippen molar-refractivity contribution in [3.05, 3.63) is 63.7 Å². The van der Waals surface area contributed by atoms with Crippen LogP contribution in [0.1, 0.15) is 0 Å². The molecule has 29 heavy (non-hydrogen) atoms. The smallest absolute Gasteiger partial charge is 0.289 e. The SMILES string of the molecule is O=C(CNc1ccc(Cl)c([N+](=O)[O-])c1)N1CCN(S(=O)(=O)c2ccccc2)CC1. The molecule has 0 unspecified atom stereocenters. The molecule has 0 spiro atoms. The van der Waals surface area contributed by atoms with Gasteiger partial charge in [-0.05, 0) is 24.3 Å². The molecule has 0 bridgehead atoms. The minimum Gasteiger partial charge on any atom is -0.376 e. The van der Waals surface area contributed by atoms with E-state index in [4.69, 9.17) is 11.6 Å². The third-order valence-corrected chi connectivity index (χ3v) is 6.79. The van der Waals surface area contributed by atoms with Crippen LogP contribution in [0.2, 0.25) is 5.02 Å². The summed E-state index contributed by atoms with van der Waals surface area (Å²) in [5, 5.41) is 13.8. The van der Waals surface area contributed by atoms with Crippen LogP contribution in [0.4, 0.5) is 11.4 Å². The third kappa shape index (κ3) is 4.84. The summed E-state index contributed by atoms with van der Waals surface area (Å²) in [4.78, 5) is 24.6. The summed E-state index contributed by atoms with van der Waals surface area (Å²) in [6.07, 6.45) is 0. The fourth-order valence-corrected chi connectivity index (χ4v) is 4.60. The molecule has 1 aliphatic heterocycles. The predicted octanol–water partition coefficient (Wildman–Crippen LogP) is 2.19. The number of nitrogens with one attached hydrogen (secondary N) is 1. The molecular formula is C18H19ClN4O5S. The maximum Gasteiger partial charge on any atom is 0.289 e. The first-order valence-corrected chi connectivity index (χ1v) is 10.6. The minimum absolute atomic E-state index is 0.0163. The van der Waals surface area contributed by atoms with E-state index in [1.165, 1.54) is 16.4 Å². The van der Waals surface area contributed by atoms with Crippen LogP contribution in [0.5, 0.6) is 0 Å². The number of sulfonamides is 1. The van der Waals surface area contributed by atoms with Gasteiger partial charge in [0.15, 0.2) is 0 Å². The highest BCUT2D eigenvalue weighted by molar-refractivity contribution is 7.89. The number of carbonyl (C=O) groups is 1. The van der Waals surface area contributed by atoms with Crippen molar-refractivity contribution in [3.8, 4) is 0 Å². The zero-order valence-electron chi connectivity index (χ0n) is 15.3. The molecule has 154 valence electrons. The Balaban J connectivity index is 1.55. The predicted molar refractivity (Wildman–Crippen MR) is 108 cm³/mol. The van der Waals surface area contributed by atoms with Crippen molar-refractivity contribution in [2.75, 3.05) is 38.0 Å². The van der Waals surface area contributed by atoms with Crippen LogP contribution in [-0.4, -0.2) is 61.2 Å². The molecule has 0 radical (unpaired) electrons. The van der Waals surface area contributed by atoms with Gasteiger partial charge in [-0.3, -0.25) is 14.9 Å². The third-order valence-electron chi connectivity index (χ3n) is 4.56. The lowest BCUT2D eigenvalue weighted by atomic mass is 10.2. The van der Waals surface area contributed by atoms with Gasteiger partial charge in [-0.1, -0.05) is 29.8 Å². The molecule has 0 saturated carbocycles. The molecule has 1 saturated heterocycles. The summed E-state index contributed by atoms with van der Waals surface area (Å²) in [5.74, 6) is -0.223. The number of nitro benzene ring substituents is 1. The topological polar surface area (TPSA) is 113 Å². The first kappa shape index (κ1) is 21.0. The molecule has 1 aliphatic rings. The fourth-order valence-electron chi connectivity index (χ4n) is 2.97. The fraction of sp³-hybridized carbons (Fsp3) is 0.278. The van der Waals surface area contributed by atoms with E-state index < -0.39 is 14.9 Å². The number of anilines is 1. The second-order valence-corrected chi connectivity index (χ2v) is 8.72. The maximum atomic E-state index is 12.6. The largest absolute Gasteiger partial charge is 0.376 e. The van der Waals surface area contributed by atoms with Crippen molar-refractivity contribution in [1.82, 2.24) is 9.21 Å². The van der Waals surface area contributed by atoms with Crippen LogP contribution in [0.3, 0.4) is 0 Å². The highest BCUT2D eigenvalue weighted by atomic mass is 35.5. The molecule has 2 aromatic carbocycles. The van der Waals surface area contributed by atoms with Crippen LogP contribution in [0, 0.1) is 10.1 Å². The summed E-state index contributed by atoms with van der Waals surface area (Å²) in [7, 11) is -3.58. The molecule has 3 rings (SSSR count). The van der Waals surface area contributed by atoms with Crippen molar-refractivity contribution >= 4 is 38.9 Å². The Morgan fingerprint density at radius 3 is 2.38 bits per heavy atom. The van der Waals surface area contributed by atoms with E-state index in [0.717, 1.165) is 0 Å². The molecule has 2 aromatic rings. The first-order valence-electron chi connectivity index (χ1n) is 8.80. The molecule has 9 nitrogen and oxygen atoms in total. The normalized spacial score (nSPS) is 15.1. The number of carbonyl (C=O) groups excluding carboxylic acids is 1. The number of nitrogens with zero attached hydrogens (tertiary/aromatic N) is 3. The van der Waals surface area contributed by atoms with E-state index >= 15 is 0 Å². The van der Waals surface area contributed by atoms with E-state index in [0.29, 0.717) is 5.69 Å². The highest BCUT2D eigenvalue weighted by Gasteiger charge is 2.29.